The molecule has 3 nitrogen and oxygen atoms in total. The number of hydrogen-bond acceptors (Lipinski definition) is 3. The van der Waals surface area contributed by atoms with Crippen LogP contribution in [0.4, 0.5) is 0 Å². The summed E-state index contributed by atoms with van der Waals surface area (Å²) in [5.74, 6) is 2.10. The van der Waals surface area contributed by atoms with Gasteiger partial charge >= 0.3 is 0 Å². The Kier molecular flexibility index (Phi) is 3.08. The van der Waals surface area contributed by atoms with Crippen molar-refractivity contribution in [3.63, 3.8) is 0 Å². The summed E-state index contributed by atoms with van der Waals surface area (Å²) in [6.45, 7) is 0. The van der Waals surface area contributed by atoms with E-state index in [1.807, 2.05) is 17.8 Å². The zero-order chi connectivity index (χ0) is 9.97. The molecule has 0 bridgehead atoms. The standard InChI is InChI=1S/C9H10BrN3S/c1-14-3-2-8-12-7-4-6(10)5-11-9(7)13-8/h4-5H,2-3H2,1H3,(H,11,12,13). The van der Waals surface area contributed by atoms with Crippen LogP contribution < -0.4 is 0 Å². The fraction of sp³-hybridized carbons (Fsp3) is 0.333. The minimum atomic E-state index is 0.796. The van der Waals surface area contributed by atoms with E-state index in [0.717, 1.165) is 33.6 Å². The Morgan fingerprint density at radius 1 is 1.57 bits per heavy atom. The lowest BCUT2D eigenvalue weighted by Gasteiger charge is -1.90. The first-order valence-corrected chi connectivity index (χ1v) is 6.47. The van der Waals surface area contributed by atoms with Crippen molar-refractivity contribution in [2.24, 2.45) is 0 Å². The van der Waals surface area contributed by atoms with Crippen LogP contribution in [-0.2, 0) is 6.42 Å². The number of halogens is 1. The van der Waals surface area contributed by atoms with E-state index in [-0.39, 0.29) is 0 Å². The zero-order valence-electron chi connectivity index (χ0n) is 7.75. The molecular weight excluding hydrogens is 262 g/mol. The number of thioether (sulfide) groups is 1. The summed E-state index contributed by atoms with van der Waals surface area (Å²) < 4.78 is 0.977. The molecule has 0 aromatic carbocycles. The van der Waals surface area contributed by atoms with Crippen LogP contribution in [0.15, 0.2) is 16.7 Å². The summed E-state index contributed by atoms with van der Waals surface area (Å²) in [6, 6.07) is 2.00. The van der Waals surface area contributed by atoms with Gasteiger partial charge in [0.05, 0.1) is 5.52 Å². The highest BCUT2D eigenvalue weighted by Crippen LogP contribution is 2.15. The minimum Gasteiger partial charge on any atom is -0.341 e. The van der Waals surface area contributed by atoms with E-state index in [1.165, 1.54) is 0 Å². The Labute approximate surface area is 94.8 Å². The van der Waals surface area contributed by atoms with Gasteiger partial charge in [-0.25, -0.2) is 9.97 Å². The third-order valence-corrected chi connectivity index (χ3v) is 2.94. The second-order valence-corrected chi connectivity index (χ2v) is 4.85. The van der Waals surface area contributed by atoms with E-state index >= 15 is 0 Å². The maximum atomic E-state index is 4.39. The van der Waals surface area contributed by atoms with Gasteiger partial charge in [-0.05, 0) is 28.3 Å². The van der Waals surface area contributed by atoms with Crippen LogP contribution in [-0.4, -0.2) is 27.0 Å². The van der Waals surface area contributed by atoms with E-state index in [1.54, 1.807) is 6.20 Å². The fourth-order valence-electron chi connectivity index (χ4n) is 1.24. The molecule has 0 radical (unpaired) electrons. The highest BCUT2D eigenvalue weighted by atomic mass is 79.9. The molecule has 5 heteroatoms. The van der Waals surface area contributed by atoms with E-state index in [9.17, 15) is 0 Å². The third kappa shape index (κ3) is 2.09. The summed E-state index contributed by atoms with van der Waals surface area (Å²) >= 11 is 5.20. The average Bonchev–Trinajstić information content (AvgIpc) is 2.56. The number of hydrogen-bond donors (Lipinski definition) is 1. The van der Waals surface area contributed by atoms with Crippen LogP contribution in [0.25, 0.3) is 11.2 Å². The molecule has 0 aliphatic rings. The van der Waals surface area contributed by atoms with E-state index < -0.39 is 0 Å². The van der Waals surface area contributed by atoms with Crippen LogP contribution in [0.2, 0.25) is 0 Å². The van der Waals surface area contributed by atoms with Gasteiger partial charge in [0.25, 0.3) is 0 Å². The van der Waals surface area contributed by atoms with Crippen molar-refractivity contribution < 1.29 is 0 Å². The molecule has 0 saturated carbocycles. The van der Waals surface area contributed by atoms with Crippen LogP contribution >= 0.6 is 27.7 Å². The number of fused-ring (bicyclic) bond motifs is 1. The summed E-state index contributed by atoms with van der Waals surface area (Å²) in [6.07, 6.45) is 4.83. The molecular formula is C9H10BrN3S. The lowest BCUT2D eigenvalue weighted by atomic mass is 10.4. The molecule has 2 heterocycles. The molecule has 0 aliphatic carbocycles. The number of aryl methyl sites for hydroxylation is 1. The van der Waals surface area contributed by atoms with Crippen molar-refractivity contribution in [1.82, 2.24) is 15.0 Å². The van der Waals surface area contributed by atoms with Gasteiger partial charge in [0.1, 0.15) is 5.82 Å². The third-order valence-electron chi connectivity index (χ3n) is 1.90. The number of pyridine rings is 1. The van der Waals surface area contributed by atoms with E-state index in [0.29, 0.717) is 0 Å². The van der Waals surface area contributed by atoms with Gasteiger partial charge < -0.3 is 4.98 Å². The van der Waals surface area contributed by atoms with Crippen molar-refractivity contribution in [3.05, 3.63) is 22.6 Å². The SMILES string of the molecule is CSCCc1nc2ncc(Br)cc2[nH]1. The quantitative estimate of drug-likeness (QED) is 0.933. The van der Waals surface area contributed by atoms with Crippen LogP contribution in [0, 0.1) is 0 Å². The Bertz CT molecular complexity index is 441. The molecule has 0 saturated heterocycles. The summed E-state index contributed by atoms with van der Waals surface area (Å²) in [4.78, 5) is 11.9. The molecule has 14 heavy (non-hydrogen) atoms. The minimum absolute atomic E-state index is 0.796. The molecule has 2 aromatic rings. The Morgan fingerprint density at radius 2 is 2.43 bits per heavy atom. The first-order valence-electron chi connectivity index (χ1n) is 4.28. The van der Waals surface area contributed by atoms with Gasteiger partial charge in [-0.1, -0.05) is 0 Å². The van der Waals surface area contributed by atoms with Gasteiger partial charge in [0, 0.05) is 22.8 Å². The van der Waals surface area contributed by atoms with E-state index in [2.05, 4.69) is 37.1 Å². The molecule has 1 N–H and O–H groups in total. The largest absolute Gasteiger partial charge is 0.341 e. The normalized spacial score (nSPS) is 11.0. The maximum absolute atomic E-state index is 4.39. The molecule has 2 rings (SSSR count). The van der Waals surface area contributed by atoms with E-state index in [4.69, 9.17) is 0 Å². The highest BCUT2D eigenvalue weighted by Gasteiger charge is 2.03. The van der Waals surface area contributed by atoms with Crippen LogP contribution in [0.1, 0.15) is 5.82 Å². The monoisotopic (exact) mass is 271 g/mol. The van der Waals surface area contributed by atoms with Gasteiger partial charge in [0.15, 0.2) is 5.65 Å². The lowest BCUT2D eigenvalue weighted by Crippen LogP contribution is -1.89. The topological polar surface area (TPSA) is 41.6 Å². The smallest absolute Gasteiger partial charge is 0.177 e. The van der Waals surface area contributed by atoms with Crippen molar-refractivity contribution in [2.45, 2.75) is 6.42 Å². The number of H-pyrrole nitrogens is 1. The Morgan fingerprint density at radius 3 is 3.21 bits per heavy atom. The Balaban J connectivity index is 2.32. The van der Waals surface area contributed by atoms with Crippen molar-refractivity contribution in [1.29, 1.82) is 0 Å². The Hall–Kier alpha value is -0.550. The number of rotatable bonds is 3. The first kappa shape index (κ1) is 9.98. The van der Waals surface area contributed by atoms with Crippen molar-refractivity contribution in [3.8, 4) is 0 Å². The van der Waals surface area contributed by atoms with Gasteiger partial charge in [-0.2, -0.15) is 11.8 Å². The number of nitrogens with zero attached hydrogens (tertiary/aromatic N) is 2. The predicted octanol–water partition coefficient (Wildman–Crippen LogP) is 2.63. The second kappa shape index (κ2) is 4.31. The predicted molar refractivity (Wildman–Crippen MR) is 63.7 cm³/mol. The van der Waals surface area contributed by atoms with Crippen LogP contribution in [0.3, 0.4) is 0 Å². The molecule has 74 valence electrons. The molecule has 0 amide bonds. The number of nitrogens with one attached hydrogen (secondary N) is 1. The van der Waals surface area contributed by atoms with Gasteiger partial charge in [-0.3, -0.25) is 0 Å². The van der Waals surface area contributed by atoms with Crippen molar-refractivity contribution >= 4 is 38.9 Å². The lowest BCUT2D eigenvalue weighted by molar-refractivity contribution is 1.01. The zero-order valence-corrected chi connectivity index (χ0v) is 10.2. The summed E-state index contributed by atoms with van der Waals surface area (Å²) in [7, 11) is 0. The summed E-state index contributed by atoms with van der Waals surface area (Å²) in [5.41, 5.74) is 1.79. The average molecular weight is 272 g/mol. The molecule has 0 aliphatic heterocycles. The highest BCUT2D eigenvalue weighted by molar-refractivity contribution is 9.10. The summed E-state index contributed by atoms with van der Waals surface area (Å²) in [5, 5.41) is 0. The number of aromatic amines is 1. The maximum Gasteiger partial charge on any atom is 0.177 e. The number of imidazole rings is 1. The van der Waals surface area contributed by atoms with Gasteiger partial charge in [0.2, 0.25) is 0 Å². The molecule has 0 fully saturated rings. The fourth-order valence-corrected chi connectivity index (χ4v) is 1.97. The van der Waals surface area contributed by atoms with Gasteiger partial charge in [-0.15, -0.1) is 0 Å². The molecule has 0 spiro atoms. The molecule has 0 atom stereocenters. The first-order chi connectivity index (χ1) is 6.79. The van der Waals surface area contributed by atoms with Crippen LogP contribution in [0.5, 0.6) is 0 Å². The number of aromatic nitrogens is 3. The molecule has 0 unspecified atom stereocenters. The second-order valence-electron chi connectivity index (χ2n) is 2.95. The molecule has 2 aromatic heterocycles. The van der Waals surface area contributed by atoms with Crippen molar-refractivity contribution in [2.75, 3.05) is 12.0 Å².